The fourth-order valence-corrected chi connectivity index (χ4v) is 4.66. The summed E-state index contributed by atoms with van der Waals surface area (Å²) in [5.41, 5.74) is 3.91. The molecule has 0 bridgehead atoms. The maximum atomic E-state index is 13.2. The zero-order valence-corrected chi connectivity index (χ0v) is 19.5. The minimum absolute atomic E-state index is 0.00448. The molecule has 0 unspecified atom stereocenters. The van der Waals surface area contributed by atoms with E-state index in [0.717, 1.165) is 39.9 Å². The summed E-state index contributed by atoms with van der Waals surface area (Å²) in [6.45, 7) is 0.131. The van der Waals surface area contributed by atoms with Crippen molar-refractivity contribution in [1.82, 2.24) is 4.98 Å². The SMILES string of the molecule is NS(=O)(=O)c1ccc(OCCOC(=O)c2c3c(nc4ccccc24)/C(=C/c2ccco2)CC3)cc1. The molecule has 2 N–H and O–H groups in total. The van der Waals surface area contributed by atoms with Crippen molar-refractivity contribution in [2.75, 3.05) is 13.2 Å². The number of fused-ring (bicyclic) bond motifs is 2. The molecule has 35 heavy (non-hydrogen) atoms. The number of para-hydroxylation sites is 1. The minimum atomic E-state index is -3.77. The van der Waals surface area contributed by atoms with Crippen LogP contribution in [0.5, 0.6) is 5.75 Å². The number of ether oxygens (including phenoxy) is 2. The van der Waals surface area contributed by atoms with E-state index in [2.05, 4.69) is 0 Å². The molecule has 0 radical (unpaired) electrons. The summed E-state index contributed by atoms with van der Waals surface area (Å²) < 4.78 is 39.3. The van der Waals surface area contributed by atoms with Crippen LogP contribution in [-0.4, -0.2) is 32.6 Å². The van der Waals surface area contributed by atoms with E-state index >= 15 is 0 Å². The summed E-state index contributed by atoms with van der Waals surface area (Å²) >= 11 is 0. The molecule has 1 aliphatic carbocycles. The Hall–Kier alpha value is -3.95. The van der Waals surface area contributed by atoms with Crippen molar-refractivity contribution in [2.24, 2.45) is 5.14 Å². The van der Waals surface area contributed by atoms with Crippen LogP contribution in [0.15, 0.2) is 76.2 Å². The standard InChI is InChI=1S/C26H22N2O6S/c27-35(30,31)20-10-8-18(9-11-20)33-14-15-34-26(29)24-21-5-1-2-6-23(21)28-25-17(7-12-22(24)25)16-19-4-3-13-32-19/h1-6,8-11,13,16H,7,12,14-15H2,(H2,27,30,31)/b17-16+. The first-order chi connectivity index (χ1) is 16.9. The Kier molecular flexibility index (Phi) is 6.10. The third kappa shape index (κ3) is 4.82. The fraction of sp³-hybridized carbons (Fsp3) is 0.154. The van der Waals surface area contributed by atoms with Crippen molar-refractivity contribution in [3.63, 3.8) is 0 Å². The number of benzene rings is 2. The topological polar surface area (TPSA) is 122 Å². The van der Waals surface area contributed by atoms with Crippen LogP contribution >= 0.6 is 0 Å². The molecular weight excluding hydrogens is 468 g/mol. The Morgan fingerprint density at radius 3 is 2.57 bits per heavy atom. The second-order valence-corrected chi connectivity index (χ2v) is 9.58. The number of carbonyl (C=O) groups excluding carboxylic acids is 1. The van der Waals surface area contributed by atoms with E-state index in [0.29, 0.717) is 17.7 Å². The van der Waals surface area contributed by atoms with Crippen LogP contribution in [-0.2, 0) is 21.2 Å². The van der Waals surface area contributed by atoms with Crippen molar-refractivity contribution >= 4 is 38.5 Å². The third-order valence-corrected chi connectivity index (χ3v) is 6.67. The highest BCUT2D eigenvalue weighted by Gasteiger charge is 2.27. The number of esters is 1. The van der Waals surface area contributed by atoms with Crippen LogP contribution in [0.25, 0.3) is 22.6 Å². The molecule has 4 aromatic rings. The second kappa shape index (κ2) is 9.36. The van der Waals surface area contributed by atoms with Gasteiger partial charge < -0.3 is 13.9 Å². The van der Waals surface area contributed by atoms with Crippen molar-refractivity contribution in [3.05, 3.63) is 89.5 Å². The molecule has 1 aliphatic rings. The average molecular weight is 491 g/mol. The van der Waals surface area contributed by atoms with Crippen molar-refractivity contribution in [3.8, 4) is 5.75 Å². The Balaban J connectivity index is 1.33. The predicted octanol–water partition coefficient (Wildman–Crippen LogP) is 4.20. The number of primary sulfonamides is 1. The number of furan rings is 1. The zero-order valence-electron chi connectivity index (χ0n) is 18.6. The van der Waals surface area contributed by atoms with Crippen LogP contribution in [0.3, 0.4) is 0 Å². The van der Waals surface area contributed by atoms with Crippen LogP contribution in [0.1, 0.15) is 33.8 Å². The van der Waals surface area contributed by atoms with Crippen molar-refractivity contribution in [2.45, 2.75) is 17.7 Å². The summed E-state index contributed by atoms with van der Waals surface area (Å²) in [5, 5.41) is 5.84. The summed E-state index contributed by atoms with van der Waals surface area (Å²) in [6.07, 6.45) is 5.00. The van der Waals surface area contributed by atoms with E-state index in [1.54, 1.807) is 6.26 Å². The normalized spacial score (nSPS) is 14.3. The summed E-state index contributed by atoms with van der Waals surface area (Å²) in [6, 6.07) is 16.9. The van der Waals surface area contributed by atoms with Gasteiger partial charge in [-0.05, 0) is 72.5 Å². The molecule has 2 aromatic heterocycles. The maximum Gasteiger partial charge on any atom is 0.339 e. The monoisotopic (exact) mass is 490 g/mol. The van der Waals surface area contributed by atoms with Gasteiger partial charge in [0.2, 0.25) is 10.0 Å². The molecule has 0 saturated heterocycles. The number of rotatable bonds is 7. The maximum absolute atomic E-state index is 13.2. The molecule has 0 amide bonds. The highest BCUT2D eigenvalue weighted by molar-refractivity contribution is 7.89. The molecule has 0 saturated carbocycles. The predicted molar refractivity (Wildman–Crippen MR) is 130 cm³/mol. The highest BCUT2D eigenvalue weighted by Crippen LogP contribution is 2.37. The summed E-state index contributed by atoms with van der Waals surface area (Å²) in [5.74, 6) is 0.741. The first-order valence-corrected chi connectivity index (χ1v) is 12.5. The molecule has 0 atom stereocenters. The van der Waals surface area contributed by atoms with Crippen LogP contribution in [0.4, 0.5) is 0 Å². The van der Waals surface area contributed by atoms with Gasteiger partial charge in [-0.25, -0.2) is 23.3 Å². The molecule has 5 rings (SSSR count). The molecular formula is C26H22N2O6S. The Labute approximate surface area is 202 Å². The molecule has 0 fully saturated rings. The first-order valence-electron chi connectivity index (χ1n) is 11.0. The van der Waals surface area contributed by atoms with Gasteiger partial charge in [-0.1, -0.05) is 18.2 Å². The lowest BCUT2D eigenvalue weighted by atomic mass is 10.0. The number of allylic oxidation sites excluding steroid dienone is 1. The lowest BCUT2D eigenvalue weighted by Crippen LogP contribution is -2.15. The summed E-state index contributed by atoms with van der Waals surface area (Å²) in [4.78, 5) is 18.0. The highest BCUT2D eigenvalue weighted by atomic mass is 32.2. The van der Waals surface area contributed by atoms with Gasteiger partial charge in [0, 0.05) is 5.39 Å². The quantitative estimate of drug-likeness (QED) is 0.304. The summed E-state index contributed by atoms with van der Waals surface area (Å²) in [7, 11) is -3.77. The number of nitrogens with two attached hydrogens (primary N) is 1. The largest absolute Gasteiger partial charge is 0.490 e. The third-order valence-electron chi connectivity index (χ3n) is 5.74. The van der Waals surface area contributed by atoms with Gasteiger partial charge in [0.25, 0.3) is 0 Å². The molecule has 178 valence electrons. The van der Waals surface area contributed by atoms with E-state index in [1.807, 2.05) is 42.5 Å². The van der Waals surface area contributed by atoms with Gasteiger partial charge in [-0.15, -0.1) is 0 Å². The molecule has 0 spiro atoms. The lowest BCUT2D eigenvalue weighted by molar-refractivity contribution is 0.0451. The smallest absolute Gasteiger partial charge is 0.339 e. The van der Waals surface area contributed by atoms with E-state index in [-0.39, 0.29) is 18.1 Å². The molecule has 0 aliphatic heterocycles. The number of nitrogens with zero attached hydrogens (tertiary/aromatic N) is 1. The number of sulfonamides is 1. The number of aromatic nitrogens is 1. The molecule has 8 nitrogen and oxygen atoms in total. The van der Waals surface area contributed by atoms with Crippen molar-refractivity contribution < 1.29 is 27.1 Å². The van der Waals surface area contributed by atoms with E-state index in [1.165, 1.54) is 24.3 Å². The second-order valence-electron chi connectivity index (χ2n) is 8.02. The minimum Gasteiger partial charge on any atom is -0.490 e. The number of pyridine rings is 1. The van der Waals surface area contributed by atoms with Gasteiger partial charge in [0.15, 0.2) is 0 Å². The fourth-order valence-electron chi connectivity index (χ4n) is 4.15. The number of hydrogen-bond acceptors (Lipinski definition) is 7. The molecule has 2 aromatic carbocycles. The lowest BCUT2D eigenvalue weighted by Gasteiger charge is -2.13. The Morgan fingerprint density at radius 2 is 1.83 bits per heavy atom. The van der Waals surface area contributed by atoms with Gasteiger partial charge in [0.05, 0.1) is 27.9 Å². The average Bonchev–Trinajstić information content (AvgIpc) is 3.50. The number of hydrogen-bond donors (Lipinski definition) is 1. The Bertz CT molecular complexity index is 1520. The zero-order chi connectivity index (χ0) is 24.4. The van der Waals surface area contributed by atoms with Gasteiger partial charge in [0.1, 0.15) is 24.7 Å². The van der Waals surface area contributed by atoms with E-state index in [4.69, 9.17) is 24.0 Å². The van der Waals surface area contributed by atoms with Crippen LogP contribution in [0.2, 0.25) is 0 Å². The van der Waals surface area contributed by atoms with Gasteiger partial charge in [-0.2, -0.15) is 0 Å². The molecule has 9 heteroatoms. The van der Waals surface area contributed by atoms with Gasteiger partial charge in [-0.3, -0.25) is 0 Å². The number of carbonyl (C=O) groups is 1. The first kappa shape index (κ1) is 22.8. The molecule has 2 heterocycles. The van der Waals surface area contributed by atoms with Crippen LogP contribution < -0.4 is 9.88 Å². The van der Waals surface area contributed by atoms with E-state index < -0.39 is 16.0 Å². The van der Waals surface area contributed by atoms with Crippen molar-refractivity contribution in [1.29, 1.82) is 0 Å². The Morgan fingerprint density at radius 1 is 1.03 bits per heavy atom. The van der Waals surface area contributed by atoms with E-state index in [9.17, 15) is 13.2 Å². The van der Waals surface area contributed by atoms with Gasteiger partial charge >= 0.3 is 5.97 Å². The van der Waals surface area contributed by atoms with Crippen LogP contribution in [0, 0.1) is 0 Å².